The molecule has 0 heterocycles. The van der Waals surface area contributed by atoms with Crippen LogP contribution in [0.15, 0.2) is 24.3 Å². The highest BCUT2D eigenvalue weighted by Crippen LogP contribution is 2.52. The standard InChI is InChI=1S/C15H17F7O/c1-9(2)10-6-4-5-7-11(10)12(3,23)8-13(16,14(17,18)19)15(20,21)22/h4-7,9,23H,8H2,1-3H3. The maximum Gasteiger partial charge on any atom is 0.431 e. The molecule has 1 N–H and O–H groups in total. The zero-order valence-corrected chi connectivity index (χ0v) is 12.7. The molecule has 1 aromatic carbocycles. The van der Waals surface area contributed by atoms with Crippen LogP contribution < -0.4 is 0 Å². The van der Waals surface area contributed by atoms with Gasteiger partial charge in [-0.2, -0.15) is 26.3 Å². The Bertz CT molecular complexity index is 529. The Morgan fingerprint density at radius 1 is 0.913 bits per heavy atom. The monoisotopic (exact) mass is 346 g/mol. The Morgan fingerprint density at radius 2 is 1.35 bits per heavy atom. The molecule has 0 fully saturated rings. The average molecular weight is 346 g/mol. The summed E-state index contributed by atoms with van der Waals surface area (Å²) in [6.07, 6.45) is -14.6. The maximum atomic E-state index is 13.9. The summed E-state index contributed by atoms with van der Waals surface area (Å²) >= 11 is 0. The van der Waals surface area contributed by atoms with E-state index in [2.05, 4.69) is 0 Å². The van der Waals surface area contributed by atoms with Gasteiger partial charge in [0.2, 0.25) is 0 Å². The molecule has 0 amide bonds. The summed E-state index contributed by atoms with van der Waals surface area (Å²) in [4.78, 5) is 0. The van der Waals surface area contributed by atoms with Crippen molar-refractivity contribution in [2.75, 3.05) is 0 Å². The molecule has 1 aromatic rings. The van der Waals surface area contributed by atoms with Gasteiger partial charge in [0.25, 0.3) is 0 Å². The van der Waals surface area contributed by atoms with Crippen LogP contribution in [0, 0.1) is 0 Å². The Labute approximate surface area is 129 Å². The van der Waals surface area contributed by atoms with Gasteiger partial charge in [-0.15, -0.1) is 0 Å². The van der Waals surface area contributed by atoms with Gasteiger partial charge in [-0.05, 0) is 24.0 Å². The molecule has 132 valence electrons. The predicted octanol–water partition coefficient (Wildman–Crippen LogP) is 5.24. The van der Waals surface area contributed by atoms with Crippen molar-refractivity contribution in [2.45, 2.75) is 56.7 Å². The van der Waals surface area contributed by atoms with E-state index in [4.69, 9.17) is 0 Å². The van der Waals surface area contributed by atoms with Gasteiger partial charge in [0.1, 0.15) is 0 Å². The number of benzene rings is 1. The van der Waals surface area contributed by atoms with Crippen molar-refractivity contribution in [3.05, 3.63) is 35.4 Å². The lowest BCUT2D eigenvalue weighted by Gasteiger charge is -2.37. The van der Waals surface area contributed by atoms with Crippen LogP contribution in [0.5, 0.6) is 0 Å². The van der Waals surface area contributed by atoms with E-state index < -0.39 is 30.0 Å². The molecule has 23 heavy (non-hydrogen) atoms. The molecule has 0 spiro atoms. The summed E-state index contributed by atoms with van der Waals surface area (Å²) in [6.45, 7) is 4.07. The SMILES string of the molecule is CC(C)c1ccccc1C(C)(O)CC(F)(C(F)(F)F)C(F)(F)F. The van der Waals surface area contributed by atoms with E-state index in [9.17, 15) is 35.8 Å². The minimum Gasteiger partial charge on any atom is -0.385 e. The zero-order valence-electron chi connectivity index (χ0n) is 12.7. The van der Waals surface area contributed by atoms with Crippen LogP contribution in [-0.2, 0) is 5.60 Å². The van der Waals surface area contributed by atoms with E-state index in [0.717, 1.165) is 6.92 Å². The topological polar surface area (TPSA) is 20.2 Å². The van der Waals surface area contributed by atoms with Gasteiger partial charge in [-0.25, -0.2) is 4.39 Å². The predicted molar refractivity (Wildman–Crippen MR) is 70.7 cm³/mol. The highest BCUT2D eigenvalue weighted by atomic mass is 19.4. The number of aliphatic hydroxyl groups is 1. The first-order valence-electron chi connectivity index (χ1n) is 6.77. The molecule has 0 aromatic heterocycles. The first-order valence-corrected chi connectivity index (χ1v) is 6.77. The smallest absolute Gasteiger partial charge is 0.385 e. The third-order valence-electron chi connectivity index (χ3n) is 3.65. The number of hydrogen-bond acceptors (Lipinski definition) is 1. The van der Waals surface area contributed by atoms with Crippen LogP contribution >= 0.6 is 0 Å². The summed E-state index contributed by atoms with van der Waals surface area (Å²) in [5.74, 6) is -0.275. The summed E-state index contributed by atoms with van der Waals surface area (Å²) in [5.41, 5.74) is -7.97. The minimum atomic E-state index is -6.19. The number of hydrogen-bond donors (Lipinski definition) is 1. The van der Waals surface area contributed by atoms with E-state index in [1.807, 2.05) is 0 Å². The van der Waals surface area contributed by atoms with E-state index in [1.165, 1.54) is 24.3 Å². The fraction of sp³-hybridized carbons (Fsp3) is 0.600. The summed E-state index contributed by atoms with van der Waals surface area (Å²) in [7, 11) is 0. The second-order valence-electron chi connectivity index (χ2n) is 5.99. The Balaban J connectivity index is 3.39. The fourth-order valence-electron chi connectivity index (χ4n) is 2.42. The van der Waals surface area contributed by atoms with Crippen molar-refractivity contribution in [3.8, 4) is 0 Å². The second-order valence-corrected chi connectivity index (χ2v) is 5.99. The van der Waals surface area contributed by atoms with Gasteiger partial charge in [0.15, 0.2) is 0 Å². The third kappa shape index (κ3) is 3.79. The number of alkyl halides is 7. The number of halogens is 7. The second kappa shape index (κ2) is 5.96. The van der Waals surface area contributed by atoms with Gasteiger partial charge in [-0.3, -0.25) is 0 Å². The molecule has 0 radical (unpaired) electrons. The first-order chi connectivity index (χ1) is 10.1. The van der Waals surface area contributed by atoms with Crippen LogP contribution in [0.1, 0.15) is 44.2 Å². The Morgan fingerprint density at radius 3 is 1.74 bits per heavy atom. The largest absolute Gasteiger partial charge is 0.431 e. The van der Waals surface area contributed by atoms with Gasteiger partial charge >= 0.3 is 18.0 Å². The van der Waals surface area contributed by atoms with E-state index >= 15 is 0 Å². The van der Waals surface area contributed by atoms with Crippen molar-refractivity contribution in [2.24, 2.45) is 0 Å². The molecule has 0 aliphatic heterocycles. The van der Waals surface area contributed by atoms with Crippen molar-refractivity contribution in [1.29, 1.82) is 0 Å². The molecular weight excluding hydrogens is 329 g/mol. The fourth-order valence-corrected chi connectivity index (χ4v) is 2.42. The lowest BCUT2D eigenvalue weighted by molar-refractivity contribution is -0.352. The molecule has 0 aliphatic rings. The molecular formula is C15H17F7O. The van der Waals surface area contributed by atoms with Crippen LogP contribution in [0.3, 0.4) is 0 Å². The van der Waals surface area contributed by atoms with E-state index in [-0.39, 0.29) is 11.5 Å². The molecule has 0 saturated heterocycles. The highest BCUT2D eigenvalue weighted by Gasteiger charge is 2.73. The van der Waals surface area contributed by atoms with Gasteiger partial charge in [0, 0.05) is 6.42 Å². The Hall–Kier alpha value is -1.31. The molecule has 1 atom stereocenters. The molecule has 0 aliphatic carbocycles. The van der Waals surface area contributed by atoms with E-state index in [1.54, 1.807) is 13.8 Å². The molecule has 1 nitrogen and oxygen atoms in total. The molecule has 1 rings (SSSR count). The lowest BCUT2D eigenvalue weighted by atomic mass is 9.79. The lowest BCUT2D eigenvalue weighted by Crippen LogP contribution is -2.56. The molecule has 8 heteroatoms. The van der Waals surface area contributed by atoms with Gasteiger partial charge in [-0.1, -0.05) is 38.1 Å². The van der Waals surface area contributed by atoms with Crippen molar-refractivity contribution in [1.82, 2.24) is 0 Å². The third-order valence-corrected chi connectivity index (χ3v) is 3.65. The number of rotatable bonds is 4. The first kappa shape index (κ1) is 19.7. The minimum absolute atomic E-state index is 0.162. The summed E-state index contributed by atoms with van der Waals surface area (Å²) in [5, 5.41) is 10.2. The van der Waals surface area contributed by atoms with Gasteiger partial charge in [0.05, 0.1) is 5.60 Å². The molecule has 1 unspecified atom stereocenters. The molecule has 0 bridgehead atoms. The summed E-state index contributed by atoms with van der Waals surface area (Å²) < 4.78 is 90.1. The quantitative estimate of drug-likeness (QED) is 0.739. The van der Waals surface area contributed by atoms with Crippen LogP contribution in [0.4, 0.5) is 30.7 Å². The van der Waals surface area contributed by atoms with Crippen LogP contribution in [0.2, 0.25) is 0 Å². The molecule has 0 saturated carbocycles. The van der Waals surface area contributed by atoms with Crippen molar-refractivity contribution >= 4 is 0 Å². The highest BCUT2D eigenvalue weighted by molar-refractivity contribution is 5.34. The van der Waals surface area contributed by atoms with Gasteiger partial charge < -0.3 is 5.11 Å². The van der Waals surface area contributed by atoms with Crippen molar-refractivity contribution < 1.29 is 35.8 Å². The van der Waals surface area contributed by atoms with Crippen LogP contribution in [-0.4, -0.2) is 23.1 Å². The zero-order chi connectivity index (χ0) is 18.3. The van der Waals surface area contributed by atoms with Crippen LogP contribution in [0.25, 0.3) is 0 Å². The van der Waals surface area contributed by atoms with E-state index in [0.29, 0.717) is 5.56 Å². The Kier molecular flexibility index (Phi) is 5.11. The summed E-state index contributed by atoms with van der Waals surface area (Å²) in [6, 6.07) is 5.56. The normalized spacial score (nSPS) is 16.5. The average Bonchev–Trinajstić information content (AvgIpc) is 2.35. The van der Waals surface area contributed by atoms with Crippen molar-refractivity contribution in [3.63, 3.8) is 0 Å². The maximum absolute atomic E-state index is 13.9.